The van der Waals surface area contributed by atoms with E-state index in [1.54, 1.807) is 30.3 Å². The van der Waals surface area contributed by atoms with Gasteiger partial charge in [0.15, 0.2) is 29.1 Å². The summed E-state index contributed by atoms with van der Waals surface area (Å²) in [6.45, 7) is 2.88. The zero-order valence-corrected chi connectivity index (χ0v) is 15.2. The summed E-state index contributed by atoms with van der Waals surface area (Å²) in [5.41, 5.74) is 1.14. The number of ether oxygens (including phenoxy) is 5. The highest BCUT2D eigenvalue weighted by Gasteiger charge is 2.21. The van der Waals surface area contributed by atoms with Crippen molar-refractivity contribution in [3.8, 4) is 23.0 Å². The summed E-state index contributed by atoms with van der Waals surface area (Å²) < 4.78 is 26.7. The van der Waals surface area contributed by atoms with Crippen LogP contribution >= 0.6 is 0 Å². The molecule has 0 spiro atoms. The summed E-state index contributed by atoms with van der Waals surface area (Å²) in [6, 6.07) is 10.2. The largest absolute Gasteiger partial charge is 0.486 e. The van der Waals surface area contributed by atoms with Gasteiger partial charge in [-0.1, -0.05) is 6.07 Å². The molecule has 0 saturated carbocycles. The van der Waals surface area contributed by atoms with Crippen LogP contribution in [0.5, 0.6) is 23.0 Å². The molecule has 0 fully saturated rings. The van der Waals surface area contributed by atoms with Crippen molar-refractivity contribution in [2.75, 3.05) is 20.0 Å². The molecule has 0 radical (unpaired) electrons. The minimum Gasteiger partial charge on any atom is -0.486 e. The summed E-state index contributed by atoms with van der Waals surface area (Å²) in [7, 11) is 0. The van der Waals surface area contributed by atoms with Gasteiger partial charge in [-0.05, 0) is 42.8 Å². The zero-order chi connectivity index (χ0) is 19.5. The number of carbonyl (C=O) groups is 2. The maximum Gasteiger partial charge on any atom is 0.339 e. The lowest BCUT2D eigenvalue weighted by molar-refractivity contribution is -0.129. The molecule has 2 heterocycles. The second kappa shape index (κ2) is 7.67. The van der Waals surface area contributed by atoms with Gasteiger partial charge in [-0.25, -0.2) is 4.79 Å². The first-order valence-corrected chi connectivity index (χ1v) is 8.87. The van der Waals surface area contributed by atoms with Crippen molar-refractivity contribution in [2.24, 2.45) is 0 Å². The van der Waals surface area contributed by atoms with Crippen molar-refractivity contribution >= 4 is 11.9 Å². The second-order valence-electron chi connectivity index (χ2n) is 6.31. The highest BCUT2D eigenvalue weighted by molar-refractivity contribution is 5.92. The highest BCUT2D eigenvalue weighted by atomic mass is 16.7. The molecule has 2 aliphatic heterocycles. The molecule has 0 unspecified atom stereocenters. The van der Waals surface area contributed by atoms with Gasteiger partial charge in [0.05, 0.1) is 5.56 Å². The summed E-state index contributed by atoms with van der Waals surface area (Å²) in [5.74, 6) is 1.38. The van der Waals surface area contributed by atoms with Crippen LogP contribution in [-0.2, 0) is 16.1 Å². The van der Waals surface area contributed by atoms with Crippen LogP contribution in [0, 0.1) is 0 Å². The second-order valence-corrected chi connectivity index (χ2v) is 6.31. The van der Waals surface area contributed by atoms with Crippen molar-refractivity contribution in [2.45, 2.75) is 19.6 Å². The fourth-order valence-corrected chi connectivity index (χ4v) is 2.84. The van der Waals surface area contributed by atoms with Gasteiger partial charge in [0.25, 0.3) is 5.91 Å². The van der Waals surface area contributed by atoms with Crippen LogP contribution in [0.2, 0.25) is 0 Å². The molecule has 2 aromatic rings. The molecule has 1 amide bonds. The van der Waals surface area contributed by atoms with Crippen LogP contribution in [0.1, 0.15) is 22.8 Å². The Balaban J connectivity index is 1.32. The van der Waals surface area contributed by atoms with Crippen molar-refractivity contribution in [1.82, 2.24) is 5.32 Å². The third-order valence-electron chi connectivity index (χ3n) is 4.33. The van der Waals surface area contributed by atoms with Gasteiger partial charge < -0.3 is 29.0 Å². The van der Waals surface area contributed by atoms with E-state index >= 15 is 0 Å². The Morgan fingerprint density at radius 3 is 2.50 bits per heavy atom. The van der Waals surface area contributed by atoms with E-state index in [0.29, 0.717) is 41.8 Å². The van der Waals surface area contributed by atoms with E-state index in [9.17, 15) is 9.59 Å². The average Bonchev–Trinajstić information content (AvgIpc) is 3.19. The Hall–Kier alpha value is -3.42. The highest BCUT2D eigenvalue weighted by Crippen LogP contribution is 2.32. The fraction of sp³-hybridized carbons (Fsp3) is 0.300. The molecule has 2 aromatic carbocycles. The van der Waals surface area contributed by atoms with E-state index in [1.807, 2.05) is 6.07 Å². The third-order valence-corrected chi connectivity index (χ3v) is 4.33. The molecule has 0 bridgehead atoms. The minimum absolute atomic E-state index is 0.192. The molecule has 1 N–H and O–H groups in total. The molecule has 8 nitrogen and oxygen atoms in total. The molecule has 0 saturated heterocycles. The Labute approximate surface area is 161 Å². The summed E-state index contributed by atoms with van der Waals surface area (Å²) in [4.78, 5) is 24.6. The van der Waals surface area contributed by atoms with Gasteiger partial charge in [-0.3, -0.25) is 4.79 Å². The Morgan fingerprint density at radius 2 is 1.64 bits per heavy atom. The van der Waals surface area contributed by atoms with Gasteiger partial charge in [-0.2, -0.15) is 0 Å². The molecular weight excluding hydrogens is 366 g/mol. The number of hydrogen-bond donors (Lipinski definition) is 1. The van der Waals surface area contributed by atoms with Gasteiger partial charge in [0.2, 0.25) is 6.79 Å². The van der Waals surface area contributed by atoms with Crippen LogP contribution in [0.3, 0.4) is 0 Å². The minimum atomic E-state index is -0.949. The van der Waals surface area contributed by atoms with Crippen LogP contribution in [-0.4, -0.2) is 38.0 Å². The van der Waals surface area contributed by atoms with Crippen LogP contribution in [0.25, 0.3) is 0 Å². The molecule has 4 rings (SSSR count). The van der Waals surface area contributed by atoms with Gasteiger partial charge >= 0.3 is 5.97 Å². The predicted octanol–water partition coefficient (Wildman–Crippen LogP) is 2.05. The van der Waals surface area contributed by atoms with E-state index in [0.717, 1.165) is 5.56 Å². The maximum atomic E-state index is 12.3. The van der Waals surface area contributed by atoms with E-state index in [4.69, 9.17) is 23.7 Å². The number of hydrogen-bond acceptors (Lipinski definition) is 7. The van der Waals surface area contributed by atoms with Crippen molar-refractivity contribution in [3.63, 3.8) is 0 Å². The van der Waals surface area contributed by atoms with Gasteiger partial charge in [0, 0.05) is 6.54 Å². The molecule has 2 aliphatic rings. The Morgan fingerprint density at radius 1 is 0.964 bits per heavy atom. The first-order chi connectivity index (χ1) is 13.6. The lowest BCUT2D eigenvalue weighted by Crippen LogP contribution is -2.35. The summed E-state index contributed by atoms with van der Waals surface area (Å²) >= 11 is 0. The molecule has 146 valence electrons. The lowest BCUT2D eigenvalue weighted by atomic mass is 10.2. The summed E-state index contributed by atoms with van der Waals surface area (Å²) in [6.07, 6.45) is -0.949. The first-order valence-electron chi connectivity index (χ1n) is 8.87. The van der Waals surface area contributed by atoms with E-state index in [-0.39, 0.29) is 13.3 Å². The molecular formula is C20H19NO7. The maximum absolute atomic E-state index is 12.3. The fourth-order valence-electron chi connectivity index (χ4n) is 2.84. The Kier molecular flexibility index (Phi) is 4.92. The van der Waals surface area contributed by atoms with Crippen LogP contribution < -0.4 is 24.3 Å². The normalized spacial score (nSPS) is 14.9. The monoisotopic (exact) mass is 385 g/mol. The quantitative estimate of drug-likeness (QED) is 0.788. The standard InChI is InChI=1S/C20H19NO7/c1-12(19(22)21-10-13-2-4-16-17(8-13)27-11-26-16)28-20(23)14-3-5-15-18(9-14)25-7-6-24-15/h2-5,8-9,12H,6-7,10-11H2,1H3,(H,21,22)/t12-/m0/s1. The molecule has 0 aliphatic carbocycles. The SMILES string of the molecule is C[C@H](OC(=O)c1ccc2c(c1)OCCO2)C(=O)NCc1ccc2c(c1)OCO2. The van der Waals surface area contributed by atoms with E-state index in [2.05, 4.69) is 5.32 Å². The average molecular weight is 385 g/mol. The topological polar surface area (TPSA) is 92.3 Å². The first kappa shape index (κ1) is 18.0. The predicted molar refractivity (Wildman–Crippen MR) is 96.7 cm³/mol. The van der Waals surface area contributed by atoms with Crippen LogP contribution in [0.4, 0.5) is 0 Å². The number of nitrogens with one attached hydrogen (secondary N) is 1. The lowest BCUT2D eigenvalue weighted by Gasteiger charge is -2.19. The van der Waals surface area contributed by atoms with Gasteiger partial charge in [-0.15, -0.1) is 0 Å². The van der Waals surface area contributed by atoms with E-state index in [1.165, 1.54) is 6.92 Å². The number of carbonyl (C=O) groups excluding carboxylic acids is 2. The number of fused-ring (bicyclic) bond motifs is 2. The number of esters is 1. The van der Waals surface area contributed by atoms with Crippen molar-refractivity contribution in [1.29, 1.82) is 0 Å². The summed E-state index contributed by atoms with van der Waals surface area (Å²) in [5, 5.41) is 2.74. The van der Waals surface area contributed by atoms with E-state index < -0.39 is 18.0 Å². The smallest absolute Gasteiger partial charge is 0.339 e. The molecule has 1 atom stereocenters. The molecule has 0 aromatic heterocycles. The number of benzene rings is 2. The van der Waals surface area contributed by atoms with Gasteiger partial charge in [0.1, 0.15) is 13.2 Å². The van der Waals surface area contributed by atoms with Crippen molar-refractivity contribution in [3.05, 3.63) is 47.5 Å². The molecule has 28 heavy (non-hydrogen) atoms. The Bertz CT molecular complexity index is 911. The zero-order valence-electron chi connectivity index (χ0n) is 15.2. The van der Waals surface area contributed by atoms with Crippen molar-refractivity contribution < 1.29 is 33.3 Å². The third kappa shape index (κ3) is 3.80. The number of rotatable bonds is 5. The number of amides is 1. The van der Waals surface area contributed by atoms with Crippen LogP contribution in [0.15, 0.2) is 36.4 Å². The molecule has 8 heteroatoms.